The standard InChI is InChI=1S/C29H29BrF3N3O2/c30-21-9-6-19(7-10-21)28(37)36(15-14-34)17-22-11-12-23-26(18-4-2-1-3-5-18)35-25-13-8-20(29(31,32)33)16-24(25)27(23)38-22/h1-10,13,16,22-23,26-27,35H,11-12,14-15,17,34H2/t22?,23?,26-,27?/m0/s1. The van der Waals surface area contributed by atoms with E-state index in [9.17, 15) is 18.0 Å². The molecule has 1 fully saturated rings. The van der Waals surface area contributed by atoms with Crippen LogP contribution in [0.5, 0.6) is 0 Å². The van der Waals surface area contributed by atoms with Crippen molar-refractivity contribution < 1.29 is 22.7 Å². The summed E-state index contributed by atoms with van der Waals surface area (Å²) in [6.45, 7) is 0.956. The highest BCUT2D eigenvalue weighted by Gasteiger charge is 2.44. The van der Waals surface area contributed by atoms with Crippen LogP contribution in [0.3, 0.4) is 0 Å². The number of halogens is 4. The average Bonchev–Trinajstić information content (AvgIpc) is 2.92. The van der Waals surface area contributed by atoms with Gasteiger partial charge in [-0.25, -0.2) is 0 Å². The fraction of sp³-hybridized carbons (Fsp3) is 0.345. The van der Waals surface area contributed by atoms with E-state index in [-0.39, 0.29) is 24.0 Å². The number of anilines is 1. The Morgan fingerprint density at radius 1 is 1.05 bits per heavy atom. The van der Waals surface area contributed by atoms with Gasteiger partial charge in [0.15, 0.2) is 0 Å². The van der Waals surface area contributed by atoms with Crippen molar-refractivity contribution >= 4 is 27.5 Å². The molecule has 2 heterocycles. The van der Waals surface area contributed by atoms with Gasteiger partial charge < -0.3 is 20.7 Å². The van der Waals surface area contributed by atoms with Crippen molar-refractivity contribution in [2.45, 2.75) is 37.3 Å². The van der Waals surface area contributed by atoms with Crippen molar-refractivity contribution in [1.82, 2.24) is 4.90 Å². The minimum Gasteiger partial charge on any atom is -0.378 e. The number of amides is 1. The molecule has 2 aliphatic rings. The second-order valence-electron chi connectivity index (χ2n) is 9.80. The Morgan fingerprint density at radius 2 is 1.79 bits per heavy atom. The SMILES string of the molecule is NCCN(CC1CCC2C(O1)c1cc(C(F)(F)F)ccc1N[C@H]2c1ccccc1)C(=O)c1ccc(Br)cc1. The molecule has 5 rings (SSSR count). The predicted molar refractivity (Wildman–Crippen MR) is 144 cm³/mol. The van der Waals surface area contributed by atoms with Crippen LogP contribution < -0.4 is 11.1 Å². The molecule has 2 aliphatic heterocycles. The largest absolute Gasteiger partial charge is 0.416 e. The van der Waals surface area contributed by atoms with E-state index in [0.717, 1.165) is 22.5 Å². The molecule has 38 heavy (non-hydrogen) atoms. The molecule has 4 atom stereocenters. The summed E-state index contributed by atoms with van der Waals surface area (Å²) >= 11 is 3.39. The summed E-state index contributed by atoms with van der Waals surface area (Å²) in [7, 11) is 0. The van der Waals surface area contributed by atoms with E-state index in [1.807, 2.05) is 42.5 Å². The number of fused-ring (bicyclic) bond motifs is 3. The Labute approximate surface area is 228 Å². The summed E-state index contributed by atoms with van der Waals surface area (Å²) in [4.78, 5) is 14.9. The molecule has 9 heteroatoms. The molecular weight excluding hydrogens is 559 g/mol. The molecule has 5 nitrogen and oxygen atoms in total. The number of hydrogen-bond donors (Lipinski definition) is 2. The Kier molecular flexibility index (Phi) is 7.79. The normalized spacial score (nSPS) is 22.7. The number of nitrogens with zero attached hydrogens (tertiary/aromatic N) is 1. The van der Waals surface area contributed by atoms with Crippen LogP contribution in [0, 0.1) is 5.92 Å². The highest BCUT2D eigenvalue weighted by atomic mass is 79.9. The minimum absolute atomic E-state index is 0.0604. The third kappa shape index (κ3) is 5.60. The summed E-state index contributed by atoms with van der Waals surface area (Å²) in [5, 5.41) is 3.48. The van der Waals surface area contributed by atoms with E-state index in [2.05, 4.69) is 21.2 Å². The van der Waals surface area contributed by atoms with E-state index in [0.29, 0.717) is 42.9 Å². The summed E-state index contributed by atoms with van der Waals surface area (Å²) < 4.78 is 48.3. The van der Waals surface area contributed by atoms with Crippen molar-refractivity contribution in [3.8, 4) is 0 Å². The molecule has 0 aliphatic carbocycles. The maximum atomic E-state index is 13.6. The van der Waals surface area contributed by atoms with E-state index >= 15 is 0 Å². The highest BCUT2D eigenvalue weighted by Crippen LogP contribution is 2.51. The van der Waals surface area contributed by atoms with Gasteiger partial charge in [-0.05, 0) is 60.9 Å². The van der Waals surface area contributed by atoms with Crippen molar-refractivity contribution in [3.05, 3.63) is 99.5 Å². The first-order valence-corrected chi connectivity index (χ1v) is 13.5. The van der Waals surface area contributed by atoms with Crippen molar-refractivity contribution in [3.63, 3.8) is 0 Å². The molecule has 0 saturated carbocycles. The first-order chi connectivity index (χ1) is 18.2. The number of rotatable bonds is 6. The number of benzene rings is 3. The van der Waals surface area contributed by atoms with Crippen molar-refractivity contribution in [2.24, 2.45) is 11.7 Å². The molecule has 1 amide bonds. The lowest BCUT2D eigenvalue weighted by Crippen LogP contribution is -2.45. The number of hydrogen-bond acceptors (Lipinski definition) is 4. The first kappa shape index (κ1) is 26.7. The summed E-state index contributed by atoms with van der Waals surface area (Å²) in [6, 6.07) is 20.7. The van der Waals surface area contributed by atoms with Gasteiger partial charge in [-0.1, -0.05) is 46.3 Å². The van der Waals surface area contributed by atoms with Gasteiger partial charge >= 0.3 is 6.18 Å². The second-order valence-corrected chi connectivity index (χ2v) is 10.7. The monoisotopic (exact) mass is 587 g/mol. The Morgan fingerprint density at radius 3 is 2.47 bits per heavy atom. The molecule has 3 unspecified atom stereocenters. The minimum atomic E-state index is -4.45. The molecular formula is C29H29BrF3N3O2. The van der Waals surface area contributed by atoms with Gasteiger partial charge in [-0.15, -0.1) is 0 Å². The maximum Gasteiger partial charge on any atom is 0.416 e. The zero-order valence-corrected chi connectivity index (χ0v) is 22.2. The van der Waals surface area contributed by atoms with Crippen molar-refractivity contribution in [1.29, 1.82) is 0 Å². The van der Waals surface area contributed by atoms with Crippen LogP contribution in [0.1, 0.15) is 52.0 Å². The molecule has 1 saturated heterocycles. The molecule has 0 bridgehead atoms. The second kappa shape index (κ2) is 11.1. The number of ether oxygens (including phenoxy) is 1. The summed E-state index contributed by atoms with van der Waals surface area (Å²) in [5.74, 6) is -0.212. The number of carbonyl (C=O) groups excluding carboxylic acids is 1. The van der Waals surface area contributed by atoms with Crippen molar-refractivity contribution in [2.75, 3.05) is 25.0 Å². The van der Waals surface area contributed by atoms with Gasteiger partial charge in [0.1, 0.15) is 0 Å². The van der Waals surface area contributed by atoms with Gasteiger partial charge in [0.25, 0.3) is 5.91 Å². The third-order valence-electron chi connectivity index (χ3n) is 7.33. The van der Waals surface area contributed by atoms with Crippen LogP contribution in [-0.2, 0) is 10.9 Å². The van der Waals surface area contributed by atoms with Crippen LogP contribution in [0.2, 0.25) is 0 Å². The van der Waals surface area contributed by atoms with E-state index in [1.165, 1.54) is 12.1 Å². The average molecular weight is 588 g/mol. The molecule has 3 aromatic rings. The van der Waals surface area contributed by atoms with Crippen LogP contribution >= 0.6 is 15.9 Å². The van der Waals surface area contributed by atoms with Crippen LogP contribution in [0.4, 0.5) is 18.9 Å². The van der Waals surface area contributed by atoms with Crippen LogP contribution in [0.25, 0.3) is 0 Å². The smallest absolute Gasteiger partial charge is 0.378 e. The highest BCUT2D eigenvalue weighted by molar-refractivity contribution is 9.10. The third-order valence-corrected chi connectivity index (χ3v) is 7.86. The zero-order chi connectivity index (χ0) is 26.9. The predicted octanol–water partition coefficient (Wildman–Crippen LogP) is 6.57. The summed E-state index contributed by atoms with van der Waals surface area (Å²) in [6.07, 6.45) is -3.92. The van der Waals surface area contributed by atoms with Gasteiger partial charge in [-0.3, -0.25) is 4.79 Å². The molecule has 0 aromatic heterocycles. The number of alkyl halides is 3. The lowest BCUT2D eigenvalue weighted by molar-refractivity contribution is -0.138. The fourth-order valence-electron chi connectivity index (χ4n) is 5.51. The Balaban J connectivity index is 1.43. The van der Waals surface area contributed by atoms with Crippen LogP contribution in [-0.4, -0.2) is 36.5 Å². The number of nitrogens with two attached hydrogens (primary N) is 1. The lowest BCUT2D eigenvalue weighted by atomic mass is 9.76. The summed E-state index contributed by atoms with van der Waals surface area (Å²) in [5.41, 5.74) is 7.88. The Hall–Kier alpha value is -2.88. The molecule has 3 N–H and O–H groups in total. The quantitative estimate of drug-likeness (QED) is 0.342. The molecule has 0 radical (unpaired) electrons. The van der Waals surface area contributed by atoms with Gasteiger partial charge in [0.05, 0.1) is 23.8 Å². The van der Waals surface area contributed by atoms with Gasteiger partial charge in [-0.2, -0.15) is 13.2 Å². The first-order valence-electron chi connectivity index (χ1n) is 12.7. The number of carbonyl (C=O) groups is 1. The van der Waals surface area contributed by atoms with E-state index in [1.54, 1.807) is 17.0 Å². The fourth-order valence-corrected chi connectivity index (χ4v) is 5.77. The van der Waals surface area contributed by atoms with Gasteiger partial charge in [0, 0.05) is 46.8 Å². The van der Waals surface area contributed by atoms with E-state index < -0.39 is 17.8 Å². The maximum absolute atomic E-state index is 13.6. The molecule has 3 aromatic carbocycles. The van der Waals surface area contributed by atoms with E-state index in [4.69, 9.17) is 10.5 Å². The number of nitrogens with one attached hydrogen (secondary N) is 1. The molecule has 0 spiro atoms. The Bertz CT molecular complexity index is 1270. The van der Waals surface area contributed by atoms with Gasteiger partial charge in [0.2, 0.25) is 0 Å². The lowest BCUT2D eigenvalue weighted by Gasteiger charge is -2.46. The van der Waals surface area contributed by atoms with Crippen LogP contribution in [0.15, 0.2) is 77.3 Å². The topological polar surface area (TPSA) is 67.6 Å². The molecule has 200 valence electrons. The zero-order valence-electron chi connectivity index (χ0n) is 20.6.